The first kappa shape index (κ1) is 35.1. The maximum atomic E-state index is 14.7. The van der Waals surface area contributed by atoms with Gasteiger partial charge in [0.15, 0.2) is 11.6 Å². The first-order valence-electron chi connectivity index (χ1n) is 14.9. The molecule has 1 saturated heterocycles. The molecule has 14 nitrogen and oxygen atoms in total. The Labute approximate surface area is 259 Å². The highest BCUT2D eigenvalue weighted by atomic mass is 19.1. The van der Waals surface area contributed by atoms with Crippen LogP contribution in [0.2, 0.25) is 0 Å². The molecular formula is C30H41FN6O8. The molecule has 15 heteroatoms. The molecule has 1 unspecified atom stereocenters. The van der Waals surface area contributed by atoms with Crippen LogP contribution in [-0.2, 0) is 30.5 Å². The lowest BCUT2D eigenvalue weighted by molar-refractivity contribution is -0.128. The third kappa shape index (κ3) is 10.4. The normalized spacial score (nSPS) is 19.8. The molecule has 4 amide bonds. The van der Waals surface area contributed by atoms with E-state index in [0.29, 0.717) is 17.7 Å². The van der Waals surface area contributed by atoms with Crippen molar-refractivity contribution in [2.45, 2.75) is 96.8 Å². The number of hydrogen-bond donors (Lipinski definition) is 5. The smallest absolute Gasteiger partial charge is 0.413 e. The standard InChI is InChI=1S/C30H41FN6O8/c1-4-5-6-7-8-9-24(39)34-22(14-23(32)38)27(41)33-20-12-10-19(11-13-20)16-44-30(43)36-26-21(31)15-37(29(42)35-26)28-17(2)25(40)18(3)45-28/h10-13,15,17-18,22,25,28,40H,4-9,14,16H2,1-3H3,(H2,32,38)(H,33,41)(H,34,39)(H,35,36,42,43)/t17?,18-,22-,25-,28-/m1/s1. The Morgan fingerprint density at radius 2 is 1.80 bits per heavy atom. The van der Waals surface area contributed by atoms with E-state index in [4.69, 9.17) is 15.2 Å². The number of amides is 4. The van der Waals surface area contributed by atoms with Crippen molar-refractivity contribution in [1.82, 2.24) is 14.9 Å². The first-order valence-corrected chi connectivity index (χ1v) is 14.9. The van der Waals surface area contributed by atoms with E-state index in [9.17, 15) is 33.5 Å². The van der Waals surface area contributed by atoms with Gasteiger partial charge in [0.05, 0.1) is 24.8 Å². The molecule has 1 aromatic heterocycles. The number of aliphatic hydroxyl groups is 1. The lowest BCUT2D eigenvalue weighted by Crippen LogP contribution is -2.46. The van der Waals surface area contributed by atoms with E-state index in [0.717, 1.165) is 36.4 Å². The molecule has 0 radical (unpaired) electrons. The van der Waals surface area contributed by atoms with Crippen molar-refractivity contribution in [2.75, 3.05) is 10.6 Å². The first-order chi connectivity index (χ1) is 21.4. The minimum atomic E-state index is -1.14. The summed E-state index contributed by atoms with van der Waals surface area (Å²) in [5.74, 6) is -3.83. The van der Waals surface area contributed by atoms with Gasteiger partial charge in [-0.25, -0.2) is 14.0 Å². The van der Waals surface area contributed by atoms with Crippen LogP contribution in [0.4, 0.5) is 20.7 Å². The van der Waals surface area contributed by atoms with Gasteiger partial charge < -0.3 is 30.9 Å². The minimum absolute atomic E-state index is 0.235. The largest absolute Gasteiger partial charge is 0.444 e. The number of aromatic nitrogens is 2. The molecule has 0 bridgehead atoms. The number of unbranched alkanes of at least 4 members (excludes halogenated alkanes) is 4. The highest BCUT2D eigenvalue weighted by Crippen LogP contribution is 2.33. The van der Waals surface area contributed by atoms with E-state index in [1.54, 1.807) is 26.0 Å². The summed E-state index contributed by atoms with van der Waals surface area (Å²) in [6, 6.07) is 5.02. The van der Waals surface area contributed by atoms with Gasteiger partial charge in [0.2, 0.25) is 17.7 Å². The Hall–Kier alpha value is -4.37. The van der Waals surface area contributed by atoms with Crippen LogP contribution in [0.3, 0.4) is 0 Å². The number of ether oxygens (including phenoxy) is 2. The number of rotatable bonds is 15. The second kappa shape index (κ2) is 16.6. The van der Waals surface area contributed by atoms with Gasteiger partial charge in [-0.1, -0.05) is 51.7 Å². The summed E-state index contributed by atoms with van der Waals surface area (Å²) in [7, 11) is 0. The molecule has 1 aliphatic rings. The van der Waals surface area contributed by atoms with E-state index in [1.807, 2.05) is 0 Å². The van der Waals surface area contributed by atoms with Crippen LogP contribution in [0.15, 0.2) is 35.3 Å². The van der Waals surface area contributed by atoms with Crippen LogP contribution in [-0.4, -0.2) is 56.7 Å². The van der Waals surface area contributed by atoms with Crippen molar-refractivity contribution >= 4 is 35.3 Å². The number of carbonyl (C=O) groups excluding carboxylic acids is 4. The van der Waals surface area contributed by atoms with Crippen LogP contribution >= 0.6 is 0 Å². The molecule has 0 spiro atoms. The van der Waals surface area contributed by atoms with Crippen LogP contribution < -0.4 is 27.4 Å². The van der Waals surface area contributed by atoms with Crippen LogP contribution in [0.5, 0.6) is 0 Å². The second-order valence-electron chi connectivity index (χ2n) is 11.1. The number of nitrogens with zero attached hydrogens (tertiary/aromatic N) is 2. The van der Waals surface area contributed by atoms with E-state index in [1.165, 1.54) is 12.1 Å². The van der Waals surface area contributed by atoms with E-state index >= 15 is 0 Å². The Balaban J connectivity index is 1.51. The Morgan fingerprint density at radius 3 is 2.42 bits per heavy atom. The van der Waals surface area contributed by atoms with Crippen LogP contribution in [0.1, 0.15) is 77.5 Å². The van der Waals surface area contributed by atoms with Gasteiger partial charge in [-0.2, -0.15) is 4.98 Å². The maximum absolute atomic E-state index is 14.7. The number of nitrogens with two attached hydrogens (primary N) is 1. The number of carbonyl (C=O) groups is 4. The van der Waals surface area contributed by atoms with Gasteiger partial charge in [-0.3, -0.25) is 24.3 Å². The molecule has 0 aliphatic carbocycles. The Morgan fingerprint density at radius 1 is 1.11 bits per heavy atom. The number of halogens is 1. The Kier molecular flexibility index (Phi) is 13.0. The molecule has 2 aromatic rings. The summed E-state index contributed by atoms with van der Waals surface area (Å²) in [5.41, 5.74) is 5.25. The third-order valence-corrected chi connectivity index (χ3v) is 7.38. The van der Waals surface area contributed by atoms with E-state index < -0.39 is 65.6 Å². The predicted octanol–water partition coefficient (Wildman–Crippen LogP) is 2.70. The average Bonchev–Trinajstić information content (AvgIpc) is 3.24. The molecule has 2 heterocycles. The number of primary amides is 1. The number of nitrogens with one attached hydrogen (secondary N) is 3. The lowest BCUT2D eigenvalue weighted by Gasteiger charge is -2.18. The highest BCUT2D eigenvalue weighted by Gasteiger charge is 2.40. The summed E-state index contributed by atoms with van der Waals surface area (Å²) in [5, 5.41) is 17.4. The zero-order valence-electron chi connectivity index (χ0n) is 25.6. The SMILES string of the molecule is CCCCCCCC(=O)N[C@H](CC(N)=O)C(=O)Nc1ccc(COC(=O)Nc2nc(=O)n([C@@H]3O[C@H](C)[C@H](O)C3C)cc2F)cc1. The zero-order valence-corrected chi connectivity index (χ0v) is 25.6. The predicted molar refractivity (Wildman–Crippen MR) is 161 cm³/mol. The lowest BCUT2D eigenvalue weighted by atomic mass is 10.0. The van der Waals surface area contributed by atoms with Crippen molar-refractivity contribution in [1.29, 1.82) is 0 Å². The van der Waals surface area contributed by atoms with Crippen LogP contribution in [0, 0.1) is 11.7 Å². The van der Waals surface area contributed by atoms with E-state index in [-0.39, 0.29) is 25.4 Å². The molecule has 3 rings (SSSR count). The quantitative estimate of drug-likeness (QED) is 0.183. The van der Waals surface area contributed by atoms with Crippen molar-refractivity contribution in [2.24, 2.45) is 11.7 Å². The fourth-order valence-corrected chi connectivity index (χ4v) is 4.82. The topological polar surface area (TPSA) is 204 Å². The molecule has 5 atom stereocenters. The maximum Gasteiger partial charge on any atom is 0.413 e. The molecule has 1 aliphatic heterocycles. The highest BCUT2D eigenvalue weighted by molar-refractivity contribution is 5.99. The monoisotopic (exact) mass is 632 g/mol. The summed E-state index contributed by atoms with van der Waals surface area (Å²) < 4.78 is 26.2. The van der Waals surface area contributed by atoms with Crippen molar-refractivity contribution in [3.63, 3.8) is 0 Å². The molecule has 1 aromatic carbocycles. The molecule has 6 N–H and O–H groups in total. The fourth-order valence-electron chi connectivity index (χ4n) is 4.82. The number of anilines is 2. The van der Waals surface area contributed by atoms with Gasteiger partial charge in [-0.05, 0) is 31.0 Å². The summed E-state index contributed by atoms with van der Waals surface area (Å²) >= 11 is 0. The minimum Gasteiger partial charge on any atom is -0.444 e. The summed E-state index contributed by atoms with van der Waals surface area (Å²) in [6.45, 7) is 5.15. The molecular weight excluding hydrogens is 591 g/mol. The van der Waals surface area contributed by atoms with Gasteiger partial charge >= 0.3 is 11.8 Å². The van der Waals surface area contributed by atoms with E-state index in [2.05, 4.69) is 27.9 Å². The van der Waals surface area contributed by atoms with Gasteiger partial charge in [0.25, 0.3) is 0 Å². The van der Waals surface area contributed by atoms with Crippen LogP contribution in [0.25, 0.3) is 0 Å². The van der Waals surface area contributed by atoms with Crippen molar-refractivity contribution in [3.05, 3.63) is 52.3 Å². The molecule has 0 saturated carbocycles. The van der Waals surface area contributed by atoms with Crippen molar-refractivity contribution in [3.8, 4) is 0 Å². The molecule has 45 heavy (non-hydrogen) atoms. The number of aliphatic hydroxyl groups excluding tert-OH is 1. The summed E-state index contributed by atoms with van der Waals surface area (Å²) in [6.07, 6.45) is 2.09. The third-order valence-electron chi connectivity index (χ3n) is 7.38. The fraction of sp³-hybridized carbons (Fsp3) is 0.533. The number of benzene rings is 1. The zero-order chi connectivity index (χ0) is 33.1. The number of hydrogen-bond acceptors (Lipinski definition) is 9. The van der Waals surface area contributed by atoms with Crippen molar-refractivity contribution < 1.29 is 38.1 Å². The molecule has 246 valence electrons. The summed E-state index contributed by atoms with van der Waals surface area (Å²) in [4.78, 5) is 64.9. The van der Waals surface area contributed by atoms with Gasteiger partial charge in [0, 0.05) is 18.0 Å². The van der Waals surface area contributed by atoms with Gasteiger partial charge in [-0.15, -0.1) is 0 Å². The average molecular weight is 633 g/mol. The molecule has 1 fully saturated rings. The second-order valence-corrected chi connectivity index (χ2v) is 11.1. The Bertz CT molecular complexity index is 1400. The van der Waals surface area contributed by atoms with Gasteiger partial charge in [0.1, 0.15) is 18.9 Å².